The summed E-state index contributed by atoms with van der Waals surface area (Å²) in [6, 6.07) is 6.71. The number of piperidine rings is 4. The van der Waals surface area contributed by atoms with E-state index < -0.39 is 117 Å². The van der Waals surface area contributed by atoms with Gasteiger partial charge in [0.2, 0.25) is 23.6 Å². The summed E-state index contributed by atoms with van der Waals surface area (Å²) < 4.78 is 270. The van der Waals surface area contributed by atoms with Gasteiger partial charge in [0.25, 0.3) is 23.6 Å². The van der Waals surface area contributed by atoms with Crippen LogP contribution < -0.4 is 0 Å². The lowest BCUT2D eigenvalue weighted by atomic mass is 9.86. The zero-order valence-corrected chi connectivity index (χ0v) is 70.7. The van der Waals surface area contributed by atoms with Gasteiger partial charge in [0.05, 0.1) is 97.4 Å². The van der Waals surface area contributed by atoms with Crippen molar-refractivity contribution in [3.63, 3.8) is 0 Å². The Balaban J connectivity index is 0.000000148. The van der Waals surface area contributed by atoms with E-state index in [-0.39, 0.29) is 234 Å². The Morgan fingerprint density at radius 1 is 0.338 bits per heavy atom. The number of aromatic nitrogens is 8. The third-order valence-corrected chi connectivity index (χ3v) is 24.8. The average molecular weight is 1850 g/mol. The molecule has 0 bridgehead atoms. The number of alkyl halides is 12. The molecule has 0 unspecified atom stereocenters. The number of benzene rings is 4. The van der Waals surface area contributed by atoms with Crippen molar-refractivity contribution >= 4 is 47.3 Å². The van der Waals surface area contributed by atoms with Crippen LogP contribution in [0.3, 0.4) is 0 Å². The summed E-state index contributed by atoms with van der Waals surface area (Å²) in [6.07, 6.45) is -18.0. The number of hydrogen-bond donors (Lipinski definition) is 4. The lowest BCUT2D eigenvalue weighted by molar-refractivity contribution is -0.142. The molecule has 8 aliphatic heterocycles. The molecule has 0 saturated carbocycles. The van der Waals surface area contributed by atoms with Gasteiger partial charge in [-0.25, -0.2) is 35.1 Å². The zero-order chi connectivity index (χ0) is 94.6. The number of H-pyrrole nitrogens is 4. The fraction of sp³-hybridized carbons (Fsp3) is 0.488. The number of hydrogen-bond acceptors (Lipinski definition) is 12. The monoisotopic (exact) mass is 1850 g/mol. The van der Waals surface area contributed by atoms with Crippen molar-refractivity contribution in [1.29, 1.82) is 0 Å². The van der Waals surface area contributed by atoms with Crippen LogP contribution in [0.2, 0.25) is 0 Å². The van der Waals surface area contributed by atoms with E-state index in [1.54, 1.807) is 40.4 Å². The summed E-state index contributed by atoms with van der Waals surface area (Å²) in [6.45, 7) is 14.3. The summed E-state index contributed by atoms with van der Waals surface area (Å²) >= 11 is 0. The molecule has 24 nitrogen and oxygen atoms in total. The Bertz CT molecular complexity index is 5650. The van der Waals surface area contributed by atoms with E-state index in [2.05, 4.69) is 40.8 Å². The largest absolute Gasteiger partial charge is 0.419 e. The van der Waals surface area contributed by atoms with Gasteiger partial charge in [-0.05, 0) is 127 Å². The molecule has 4 aromatic heterocycles. The number of rotatable bonds is 12. The van der Waals surface area contributed by atoms with Crippen molar-refractivity contribution in [3.8, 4) is 0 Å². The van der Waals surface area contributed by atoms with Gasteiger partial charge in [0.1, 0.15) is 0 Å². The van der Waals surface area contributed by atoms with Gasteiger partial charge in [-0.3, -0.25) is 58.8 Å². The molecule has 8 aliphatic rings. The van der Waals surface area contributed by atoms with Gasteiger partial charge in [-0.1, -0.05) is 58.9 Å². The van der Waals surface area contributed by atoms with Crippen LogP contribution in [-0.2, 0) is 96.2 Å². The van der Waals surface area contributed by atoms with E-state index in [0.717, 1.165) is 24.3 Å². The second-order valence-corrected chi connectivity index (χ2v) is 33.9. The van der Waals surface area contributed by atoms with E-state index in [4.69, 9.17) is 0 Å². The van der Waals surface area contributed by atoms with Gasteiger partial charge in [0, 0.05) is 100 Å². The molecule has 4 N–H and O–H groups in total. The highest BCUT2D eigenvalue weighted by atomic mass is 19.4. The summed E-state index contributed by atoms with van der Waals surface area (Å²) in [5.74, 6) is -18.1. The molecule has 0 aliphatic carbocycles. The third kappa shape index (κ3) is 19.9. The predicted molar refractivity (Wildman–Crippen MR) is 419 cm³/mol. The summed E-state index contributed by atoms with van der Waals surface area (Å²) in [7, 11) is 0. The van der Waals surface area contributed by atoms with E-state index in [9.17, 15) is 126 Å². The van der Waals surface area contributed by atoms with E-state index >= 15 is 0 Å². The third-order valence-electron chi connectivity index (χ3n) is 24.8. The van der Waals surface area contributed by atoms with Gasteiger partial charge >= 0.3 is 24.7 Å². The lowest BCUT2D eigenvalue weighted by Crippen LogP contribution is -2.39. The summed E-state index contributed by atoms with van der Waals surface area (Å²) in [5.41, 5.74) is -1.30. The van der Waals surface area contributed by atoms with Crippen LogP contribution in [0.5, 0.6) is 0 Å². The number of carbonyl (C=O) groups is 8. The molecule has 0 radical (unpaired) electrons. The first-order valence-electron chi connectivity index (χ1n) is 41.9. The first-order valence-corrected chi connectivity index (χ1v) is 41.9. The normalized spacial score (nSPS) is 17.1. The maximum Gasteiger partial charge on any atom is 0.419 e. The van der Waals surface area contributed by atoms with Crippen molar-refractivity contribution in [1.82, 2.24) is 80.0 Å². The molecule has 0 spiro atoms. The minimum atomic E-state index is -5.02. The second-order valence-electron chi connectivity index (χ2n) is 33.9. The molecule has 8 amide bonds. The SMILES string of the molecule is CC(=O)N1Cc2[nH]nc(C(=O)N3CCC(c4ccc(F)c(F)c4C(F)(F)F)CC3)c2C1.CC(C)C(=O)N1Cc2[nH]nc(C(=O)N3CCC(c4ccc(F)c(F)c4C(F)(F)F)CC3)c2C1.CC(C)CC(=O)N1Cc2[nH]nc(C(=O)N3CCC(c4ccc(F)c(F)c4C(F)(F)F)CC3)c2C1.CCC(=O)N1Cc2[nH]nc(C(=O)N3CCC(c4ccc(F)c(F)c4C(F)(F)F)CC3)c2C1. The van der Waals surface area contributed by atoms with Gasteiger partial charge in [0.15, 0.2) is 69.3 Å². The Morgan fingerprint density at radius 3 is 0.800 bits per heavy atom. The van der Waals surface area contributed by atoms with Gasteiger partial charge in [-0.15, -0.1) is 0 Å². The topological polar surface area (TPSA) is 277 Å². The first kappa shape index (κ1) is 95.7. The molecule has 0 atom stereocenters. The minimum Gasteiger partial charge on any atom is -0.337 e. The van der Waals surface area contributed by atoms with Crippen molar-refractivity contribution < 1.29 is 126 Å². The summed E-state index contributed by atoms with van der Waals surface area (Å²) in [4.78, 5) is 113. The molecule has 12 heterocycles. The van der Waals surface area contributed by atoms with Crippen molar-refractivity contribution in [2.45, 2.75) is 206 Å². The minimum absolute atomic E-state index is 0.00851. The molecule has 16 rings (SSSR count). The number of likely N-dealkylation sites (tertiary alicyclic amines) is 4. The molecule has 4 saturated heterocycles. The average Bonchev–Trinajstić information content (AvgIpc) is 1.33. The number of nitrogens with zero attached hydrogens (tertiary/aromatic N) is 12. The number of fused-ring (bicyclic) bond motifs is 4. The Kier molecular flexibility index (Phi) is 27.9. The van der Waals surface area contributed by atoms with Crippen LogP contribution in [0, 0.1) is 58.4 Å². The maximum atomic E-state index is 14.0. The van der Waals surface area contributed by atoms with Crippen LogP contribution in [-0.4, -0.2) is 180 Å². The second kappa shape index (κ2) is 37.9. The molecule has 130 heavy (non-hydrogen) atoms. The highest BCUT2D eigenvalue weighted by molar-refractivity contribution is 5.97. The zero-order valence-electron chi connectivity index (χ0n) is 70.7. The van der Waals surface area contributed by atoms with Crippen LogP contribution in [0.4, 0.5) is 87.8 Å². The van der Waals surface area contributed by atoms with E-state index in [1.807, 2.05) is 13.8 Å². The molecule has 4 aromatic carbocycles. The Labute approximate surface area is 728 Å². The van der Waals surface area contributed by atoms with Crippen LogP contribution >= 0.6 is 0 Å². The fourth-order valence-corrected chi connectivity index (χ4v) is 18.0. The molecular formula is C86H88F20N16O8. The number of nitrogens with one attached hydrogen (secondary N) is 4. The number of aromatic amines is 4. The Hall–Kier alpha value is -11.9. The molecule has 4 fully saturated rings. The molecule has 44 heteroatoms. The molecule has 8 aromatic rings. The lowest BCUT2D eigenvalue weighted by Gasteiger charge is -2.33. The van der Waals surface area contributed by atoms with Crippen molar-refractivity contribution in [2.75, 3.05) is 52.4 Å². The highest BCUT2D eigenvalue weighted by Crippen LogP contribution is 2.47. The van der Waals surface area contributed by atoms with Crippen molar-refractivity contribution in [2.24, 2.45) is 11.8 Å². The number of carbonyl (C=O) groups excluding carboxylic acids is 8. The van der Waals surface area contributed by atoms with E-state index in [1.165, 1.54) is 26.5 Å². The fourth-order valence-electron chi connectivity index (χ4n) is 18.0. The van der Waals surface area contributed by atoms with Crippen LogP contribution in [0.25, 0.3) is 0 Å². The van der Waals surface area contributed by atoms with E-state index in [0.29, 0.717) is 108 Å². The molecule has 700 valence electrons. The summed E-state index contributed by atoms with van der Waals surface area (Å²) in [5, 5.41) is 27.5. The smallest absolute Gasteiger partial charge is 0.337 e. The molecular weight excluding hydrogens is 1770 g/mol. The van der Waals surface area contributed by atoms with Crippen LogP contribution in [0.15, 0.2) is 48.5 Å². The number of halogens is 20. The van der Waals surface area contributed by atoms with Gasteiger partial charge < -0.3 is 39.2 Å². The first-order chi connectivity index (χ1) is 61.1. The number of amides is 8. The highest BCUT2D eigenvalue weighted by Gasteiger charge is 2.48. The van der Waals surface area contributed by atoms with Crippen LogP contribution in [0.1, 0.15) is 261 Å². The quantitative estimate of drug-likeness (QED) is 0.0831. The maximum absolute atomic E-state index is 14.0. The predicted octanol–water partition coefficient (Wildman–Crippen LogP) is 16.4. The Morgan fingerprint density at radius 2 is 0.569 bits per heavy atom. The van der Waals surface area contributed by atoms with Gasteiger partial charge in [-0.2, -0.15) is 73.1 Å². The van der Waals surface area contributed by atoms with Crippen molar-refractivity contribution in [3.05, 3.63) is 207 Å². The standard InChI is InChI=1S/C23H25F5N4O2.C22H23F5N4O2.C21H21F5N4O2.C20H19F5N4O2/c1-12(2)9-18(33)32-10-15-17(11-32)29-30-21(15)22(34)31-7-5-13(6-8-31)14-3-4-16(24)20(25)19(14)23(26,27)28;1-11(2)20(32)31-9-14-16(10-31)28-29-19(14)21(33)30-7-5-12(6-8-30)13-3-4-15(23)18(24)17(13)22(25,26)27;1-2-16(31)30-9-13-15(10-30)27-28-19(13)20(32)29-7-5-11(6-8-29)12-3-4-14(22)18(23)17(12)21(24,25)26;1-10(30)29-8-13-15(9-29)26-27-18(13)19(31)28-6-4-11(5-7-28)12-2-3-14(21)17(22)16(12)20(23,24)25/h3-4,12-13H,5-11H2,1-2H3,(H,29,30);3-4,11-12H,5-10H2,1-2H3,(H,28,29);3-4,11H,2,5-10H2,1H3,(H,27,28);2-3,11H,4-9H2,1H3,(H,26,27).